The molecule has 9 heteroatoms. The minimum Gasteiger partial charge on any atom is -0.364 e. The van der Waals surface area contributed by atoms with Gasteiger partial charge in [0.2, 0.25) is 5.91 Å². The summed E-state index contributed by atoms with van der Waals surface area (Å²) in [5, 5.41) is 7.72. The Hall–Kier alpha value is -3.46. The van der Waals surface area contributed by atoms with E-state index in [1.54, 1.807) is 48.8 Å². The van der Waals surface area contributed by atoms with E-state index < -0.39 is 5.91 Å². The Kier molecular flexibility index (Phi) is 5.85. The molecule has 0 saturated heterocycles. The van der Waals surface area contributed by atoms with Crippen molar-refractivity contribution in [1.82, 2.24) is 15.3 Å². The second-order valence-electron chi connectivity index (χ2n) is 6.20. The zero-order valence-electron chi connectivity index (χ0n) is 15.1. The predicted octanol–water partition coefficient (Wildman–Crippen LogP) is 2.38. The number of carbonyl (C=O) groups is 3. The van der Waals surface area contributed by atoms with Crippen molar-refractivity contribution in [2.75, 3.05) is 5.32 Å². The van der Waals surface area contributed by atoms with Crippen LogP contribution in [0, 0.1) is 0 Å². The molecule has 3 aromatic rings. The molecule has 0 aliphatic carbocycles. The number of anilines is 1. The van der Waals surface area contributed by atoms with Crippen molar-refractivity contribution in [3.8, 4) is 11.3 Å². The van der Waals surface area contributed by atoms with E-state index in [0.717, 1.165) is 0 Å². The fourth-order valence-electron chi connectivity index (χ4n) is 2.54. The number of nitrogens with zero attached hydrogens (tertiary/aromatic N) is 1. The average Bonchev–Trinajstić information content (AvgIpc) is 3.31. The summed E-state index contributed by atoms with van der Waals surface area (Å²) in [5.74, 6) is -1.04. The molecule has 144 valence electrons. The third kappa shape index (κ3) is 4.83. The molecular weight excluding hydrogens is 378 g/mol. The van der Waals surface area contributed by atoms with Gasteiger partial charge in [0, 0.05) is 35.2 Å². The molecule has 1 atom stereocenters. The van der Waals surface area contributed by atoms with Crippen LogP contribution in [0.1, 0.15) is 34.2 Å². The monoisotopic (exact) mass is 397 g/mol. The van der Waals surface area contributed by atoms with Crippen LogP contribution < -0.4 is 16.4 Å². The summed E-state index contributed by atoms with van der Waals surface area (Å²) >= 11 is 1.27. The largest absolute Gasteiger partial charge is 0.364 e. The molecular formula is C19H19N5O3S. The van der Waals surface area contributed by atoms with Crippen LogP contribution in [0.15, 0.2) is 48.0 Å². The van der Waals surface area contributed by atoms with Gasteiger partial charge in [0.15, 0.2) is 5.13 Å². The molecule has 0 spiro atoms. The smallest absolute Gasteiger partial charge is 0.265 e. The van der Waals surface area contributed by atoms with E-state index >= 15 is 0 Å². The first-order chi connectivity index (χ1) is 13.4. The van der Waals surface area contributed by atoms with Gasteiger partial charge in [-0.3, -0.25) is 14.4 Å². The standard InChI is InChI=1S/C19H19N5O3S/c1-11(22-18(27)12-5-3-2-4-6-12)7-16(25)24-19-23-15(10-28-19)13-8-14(17(20)26)21-9-13/h2-6,8-11,21H,7H2,1H3,(H2,20,26)(H,22,27)(H,23,24,25). The normalized spacial score (nSPS) is 11.6. The van der Waals surface area contributed by atoms with Crippen molar-refractivity contribution >= 4 is 34.2 Å². The molecule has 0 bridgehead atoms. The molecule has 28 heavy (non-hydrogen) atoms. The number of thiazole rings is 1. The topological polar surface area (TPSA) is 130 Å². The van der Waals surface area contributed by atoms with Gasteiger partial charge in [-0.05, 0) is 25.1 Å². The zero-order valence-corrected chi connectivity index (χ0v) is 15.9. The van der Waals surface area contributed by atoms with Crippen molar-refractivity contribution in [2.45, 2.75) is 19.4 Å². The number of H-pyrrole nitrogens is 1. The Labute approximate surface area is 165 Å². The van der Waals surface area contributed by atoms with Crippen LogP contribution in [-0.2, 0) is 4.79 Å². The van der Waals surface area contributed by atoms with Crippen LogP contribution in [0.2, 0.25) is 0 Å². The van der Waals surface area contributed by atoms with Crippen LogP contribution in [0.3, 0.4) is 0 Å². The van der Waals surface area contributed by atoms with Crippen molar-refractivity contribution in [3.63, 3.8) is 0 Å². The lowest BCUT2D eigenvalue weighted by Crippen LogP contribution is -2.35. The van der Waals surface area contributed by atoms with Crippen LogP contribution in [-0.4, -0.2) is 33.7 Å². The number of nitrogens with two attached hydrogens (primary N) is 1. The van der Waals surface area contributed by atoms with E-state index in [4.69, 9.17) is 5.73 Å². The van der Waals surface area contributed by atoms with E-state index in [0.29, 0.717) is 22.0 Å². The summed E-state index contributed by atoms with van der Waals surface area (Å²) in [4.78, 5) is 42.6. The van der Waals surface area contributed by atoms with Crippen molar-refractivity contribution < 1.29 is 14.4 Å². The fourth-order valence-corrected chi connectivity index (χ4v) is 3.28. The molecule has 3 amide bonds. The molecule has 0 aliphatic rings. The highest BCUT2D eigenvalue weighted by Gasteiger charge is 2.15. The second-order valence-corrected chi connectivity index (χ2v) is 7.06. The predicted molar refractivity (Wildman–Crippen MR) is 107 cm³/mol. The lowest BCUT2D eigenvalue weighted by atomic mass is 10.1. The Bertz CT molecular complexity index is 996. The van der Waals surface area contributed by atoms with Crippen molar-refractivity contribution in [1.29, 1.82) is 0 Å². The number of amides is 3. The van der Waals surface area contributed by atoms with Crippen LogP contribution in [0.4, 0.5) is 5.13 Å². The third-order valence-corrected chi connectivity index (χ3v) is 4.66. The van der Waals surface area contributed by atoms with E-state index in [1.807, 2.05) is 6.07 Å². The highest BCUT2D eigenvalue weighted by molar-refractivity contribution is 7.14. The summed E-state index contributed by atoms with van der Waals surface area (Å²) in [7, 11) is 0. The fraction of sp³-hybridized carbons (Fsp3) is 0.158. The molecule has 2 aromatic heterocycles. The van der Waals surface area contributed by atoms with Gasteiger partial charge in [-0.1, -0.05) is 18.2 Å². The number of hydrogen-bond donors (Lipinski definition) is 4. The molecule has 1 aromatic carbocycles. The highest BCUT2D eigenvalue weighted by atomic mass is 32.1. The Balaban J connectivity index is 1.54. The quantitative estimate of drug-likeness (QED) is 0.487. The van der Waals surface area contributed by atoms with Crippen LogP contribution >= 0.6 is 11.3 Å². The minimum atomic E-state index is -0.554. The molecule has 5 N–H and O–H groups in total. The second kappa shape index (κ2) is 8.49. The van der Waals surface area contributed by atoms with E-state index in [9.17, 15) is 14.4 Å². The zero-order chi connectivity index (χ0) is 20.1. The number of aromatic nitrogens is 2. The number of benzene rings is 1. The average molecular weight is 397 g/mol. The SMILES string of the molecule is CC(CC(=O)Nc1nc(-c2c[nH]c(C(N)=O)c2)cs1)NC(=O)c1ccccc1. The molecule has 3 rings (SSSR count). The lowest BCUT2D eigenvalue weighted by molar-refractivity contribution is -0.116. The van der Waals surface area contributed by atoms with E-state index in [-0.39, 0.29) is 30.0 Å². The van der Waals surface area contributed by atoms with Gasteiger partial charge in [0.1, 0.15) is 5.69 Å². The Morgan fingerprint density at radius 1 is 1.25 bits per heavy atom. The van der Waals surface area contributed by atoms with Gasteiger partial charge in [0.25, 0.3) is 11.8 Å². The first-order valence-electron chi connectivity index (χ1n) is 8.52. The minimum absolute atomic E-state index is 0.115. The molecule has 0 aliphatic heterocycles. The summed E-state index contributed by atoms with van der Waals surface area (Å²) < 4.78 is 0. The molecule has 8 nitrogen and oxygen atoms in total. The Morgan fingerprint density at radius 3 is 2.68 bits per heavy atom. The first kappa shape index (κ1) is 19.3. The third-order valence-electron chi connectivity index (χ3n) is 3.90. The van der Waals surface area contributed by atoms with E-state index in [2.05, 4.69) is 20.6 Å². The Morgan fingerprint density at radius 2 is 2.00 bits per heavy atom. The van der Waals surface area contributed by atoms with Crippen LogP contribution in [0.5, 0.6) is 0 Å². The maximum absolute atomic E-state index is 12.2. The first-order valence-corrected chi connectivity index (χ1v) is 9.40. The van der Waals surface area contributed by atoms with Gasteiger partial charge in [0.05, 0.1) is 5.69 Å². The number of hydrogen-bond acceptors (Lipinski definition) is 5. The number of nitrogens with one attached hydrogen (secondary N) is 3. The molecule has 0 radical (unpaired) electrons. The maximum Gasteiger partial charge on any atom is 0.265 e. The summed E-state index contributed by atoms with van der Waals surface area (Å²) in [5.41, 5.74) is 7.37. The molecule has 1 unspecified atom stereocenters. The molecule has 0 fully saturated rings. The summed E-state index contributed by atoms with van der Waals surface area (Å²) in [6, 6.07) is 10.1. The lowest BCUT2D eigenvalue weighted by Gasteiger charge is -2.13. The van der Waals surface area contributed by atoms with E-state index in [1.165, 1.54) is 11.3 Å². The van der Waals surface area contributed by atoms with Gasteiger partial charge in [-0.25, -0.2) is 4.98 Å². The van der Waals surface area contributed by atoms with Crippen molar-refractivity contribution in [2.24, 2.45) is 5.73 Å². The number of carbonyl (C=O) groups excluding carboxylic acids is 3. The highest BCUT2D eigenvalue weighted by Crippen LogP contribution is 2.25. The van der Waals surface area contributed by atoms with Gasteiger partial charge in [-0.2, -0.15) is 0 Å². The number of rotatable bonds is 7. The summed E-state index contributed by atoms with van der Waals surface area (Å²) in [6.45, 7) is 1.76. The summed E-state index contributed by atoms with van der Waals surface area (Å²) in [6.07, 6.45) is 1.74. The van der Waals surface area contributed by atoms with Crippen molar-refractivity contribution in [3.05, 3.63) is 59.2 Å². The molecule has 0 saturated carbocycles. The number of primary amides is 1. The van der Waals surface area contributed by atoms with Gasteiger partial charge < -0.3 is 21.4 Å². The number of aromatic amines is 1. The molecule has 2 heterocycles. The van der Waals surface area contributed by atoms with Gasteiger partial charge in [-0.15, -0.1) is 11.3 Å². The van der Waals surface area contributed by atoms with Gasteiger partial charge >= 0.3 is 0 Å². The maximum atomic E-state index is 12.2. The van der Waals surface area contributed by atoms with Crippen LogP contribution in [0.25, 0.3) is 11.3 Å².